The zero-order valence-corrected chi connectivity index (χ0v) is 16.5. The van der Waals surface area contributed by atoms with Crippen LogP contribution in [0.15, 0.2) is 46.0 Å². The van der Waals surface area contributed by atoms with E-state index in [1.807, 2.05) is 6.07 Å². The third kappa shape index (κ3) is 3.79. The second-order valence-electron chi connectivity index (χ2n) is 5.93. The summed E-state index contributed by atoms with van der Waals surface area (Å²) in [7, 11) is 0. The molecule has 3 rings (SSSR count). The van der Waals surface area contributed by atoms with Crippen LogP contribution >= 0.6 is 39.1 Å². The highest BCUT2D eigenvalue weighted by atomic mass is 79.9. The van der Waals surface area contributed by atoms with E-state index >= 15 is 0 Å². The maximum atomic E-state index is 14.0. The Kier molecular flexibility index (Phi) is 5.44. The predicted octanol–water partition coefficient (Wildman–Crippen LogP) is 6.40. The minimum absolute atomic E-state index is 0.0711. The van der Waals surface area contributed by atoms with E-state index in [4.69, 9.17) is 33.3 Å². The quantitative estimate of drug-likeness (QED) is 0.513. The molecule has 0 aliphatic carbocycles. The van der Waals surface area contributed by atoms with Gasteiger partial charge in [-0.05, 0) is 29.8 Å². The zero-order valence-electron chi connectivity index (χ0n) is 13.4. The van der Waals surface area contributed by atoms with Crippen molar-refractivity contribution in [3.63, 3.8) is 0 Å². The molecule has 1 unspecified atom stereocenters. The zero-order chi connectivity index (χ0) is 19.8. The lowest BCUT2D eigenvalue weighted by atomic mass is 9.86. The Morgan fingerprint density at radius 2 is 1.85 bits per heavy atom. The highest BCUT2D eigenvalue weighted by molar-refractivity contribution is 9.10. The van der Waals surface area contributed by atoms with Crippen molar-refractivity contribution in [3.05, 3.63) is 67.6 Å². The molecule has 0 aromatic heterocycles. The first-order valence-corrected chi connectivity index (χ1v) is 9.15. The van der Waals surface area contributed by atoms with Gasteiger partial charge in [-0.2, -0.15) is 18.4 Å². The smallest absolute Gasteiger partial charge is 0.374 e. The maximum absolute atomic E-state index is 14.0. The molecule has 0 spiro atoms. The van der Waals surface area contributed by atoms with Crippen molar-refractivity contribution in [2.24, 2.45) is 5.16 Å². The van der Waals surface area contributed by atoms with Gasteiger partial charge in [0.05, 0.1) is 18.2 Å². The van der Waals surface area contributed by atoms with E-state index in [9.17, 15) is 13.2 Å². The molecule has 0 saturated carbocycles. The minimum atomic E-state index is -4.75. The topological polar surface area (TPSA) is 45.4 Å². The Morgan fingerprint density at radius 1 is 1.19 bits per heavy atom. The van der Waals surface area contributed by atoms with Gasteiger partial charge in [0.2, 0.25) is 0 Å². The monoisotopic (exact) mass is 476 g/mol. The highest BCUT2D eigenvalue weighted by Crippen LogP contribution is 2.49. The molecule has 0 saturated heterocycles. The van der Waals surface area contributed by atoms with Crippen LogP contribution in [0, 0.1) is 11.3 Å². The van der Waals surface area contributed by atoms with Gasteiger partial charge in [0.25, 0.3) is 5.60 Å². The second-order valence-corrected chi connectivity index (χ2v) is 7.66. The van der Waals surface area contributed by atoms with Crippen LogP contribution in [-0.2, 0) is 16.9 Å². The van der Waals surface area contributed by atoms with Crippen molar-refractivity contribution in [1.29, 1.82) is 5.26 Å². The minimum Gasteiger partial charge on any atom is -0.374 e. The molecular weight excluding hydrogens is 468 g/mol. The molecule has 140 valence electrons. The lowest BCUT2D eigenvalue weighted by Gasteiger charge is -2.29. The Labute approximate surface area is 171 Å². The molecule has 0 radical (unpaired) electrons. The van der Waals surface area contributed by atoms with Crippen LogP contribution in [0.4, 0.5) is 13.2 Å². The summed E-state index contributed by atoms with van der Waals surface area (Å²) in [5.74, 6) is 0. The number of halogens is 6. The molecule has 1 atom stereocenters. The van der Waals surface area contributed by atoms with Crippen LogP contribution in [0.2, 0.25) is 10.0 Å². The van der Waals surface area contributed by atoms with E-state index < -0.39 is 18.2 Å². The highest BCUT2D eigenvalue weighted by Gasteiger charge is 2.62. The second kappa shape index (κ2) is 7.34. The van der Waals surface area contributed by atoms with Crippen LogP contribution in [0.5, 0.6) is 0 Å². The number of rotatable bonds is 3. The number of benzene rings is 2. The largest absolute Gasteiger partial charge is 0.435 e. The maximum Gasteiger partial charge on any atom is 0.435 e. The Bertz CT molecular complexity index is 952. The normalized spacial score (nSPS) is 19.4. The summed E-state index contributed by atoms with van der Waals surface area (Å²) < 4.78 is 42.5. The first kappa shape index (κ1) is 20.0. The van der Waals surface area contributed by atoms with Gasteiger partial charge < -0.3 is 4.84 Å². The van der Waals surface area contributed by atoms with Crippen molar-refractivity contribution >= 4 is 44.8 Å². The first-order chi connectivity index (χ1) is 12.7. The average Bonchev–Trinajstić information content (AvgIpc) is 3.02. The van der Waals surface area contributed by atoms with E-state index in [0.717, 1.165) is 5.56 Å². The fraction of sp³-hybridized carbons (Fsp3) is 0.222. The third-order valence-electron chi connectivity index (χ3n) is 4.17. The molecule has 0 N–H and O–H groups in total. The molecule has 1 heterocycles. The Morgan fingerprint density at radius 3 is 2.41 bits per heavy atom. The lowest BCUT2D eigenvalue weighted by Crippen LogP contribution is -2.42. The van der Waals surface area contributed by atoms with Crippen molar-refractivity contribution in [3.8, 4) is 6.07 Å². The molecule has 1 aliphatic heterocycles. The lowest BCUT2D eigenvalue weighted by molar-refractivity contribution is -0.275. The number of hydrogen-bond acceptors (Lipinski definition) is 3. The van der Waals surface area contributed by atoms with Gasteiger partial charge >= 0.3 is 6.18 Å². The van der Waals surface area contributed by atoms with E-state index in [0.29, 0.717) is 10.0 Å². The molecule has 3 nitrogen and oxygen atoms in total. The van der Waals surface area contributed by atoms with Crippen LogP contribution in [0.1, 0.15) is 23.1 Å². The van der Waals surface area contributed by atoms with E-state index in [2.05, 4.69) is 21.1 Å². The van der Waals surface area contributed by atoms with Crippen molar-refractivity contribution in [2.45, 2.75) is 24.6 Å². The van der Waals surface area contributed by atoms with E-state index in [1.165, 1.54) is 18.2 Å². The molecule has 27 heavy (non-hydrogen) atoms. The first-order valence-electron chi connectivity index (χ1n) is 7.60. The van der Waals surface area contributed by atoms with Crippen molar-refractivity contribution in [2.75, 3.05) is 0 Å². The van der Waals surface area contributed by atoms with E-state index in [-0.39, 0.29) is 27.7 Å². The number of oxime groups is 1. The summed E-state index contributed by atoms with van der Waals surface area (Å²) in [6.45, 7) is 0. The molecule has 0 bridgehead atoms. The molecule has 2 aromatic carbocycles. The third-order valence-corrected chi connectivity index (χ3v) is 5.35. The molecule has 0 fully saturated rings. The number of nitriles is 1. The van der Waals surface area contributed by atoms with Crippen LogP contribution < -0.4 is 0 Å². The van der Waals surface area contributed by atoms with Gasteiger partial charge in [0.15, 0.2) is 0 Å². The van der Waals surface area contributed by atoms with Crippen LogP contribution in [0.3, 0.4) is 0 Å². The van der Waals surface area contributed by atoms with Gasteiger partial charge in [-0.15, -0.1) is 0 Å². The average molecular weight is 478 g/mol. The SMILES string of the molecule is N#CCc1ccc(C2=NOC(c3cc(Cl)cc(Cl)c3)(C(F)(F)F)C2)cc1Br. The van der Waals surface area contributed by atoms with Crippen LogP contribution in [-0.4, -0.2) is 11.9 Å². The summed E-state index contributed by atoms with van der Waals surface area (Å²) >= 11 is 15.1. The summed E-state index contributed by atoms with van der Waals surface area (Å²) in [6.07, 6.45) is -5.10. The summed E-state index contributed by atoms with van der Waals surface area (Å²) in [5, 5.41) is 12.6. The van der Waals surface area contributed by atoms with Gasteiger partial charge in [-0.1, -0.05) is 56.4 Å². The molecule has 2 aromatic rings. The standard InChI is InChI=1S/C18H10BrCl2F3N2O/c19-15-5-11(2-1-10(15)3-4-25)16-9-17(27-26-16,18(22,23)24)12-6-13(20)8-14(21)7-12/h1-2,5-8H,3,9H2. The van der Waals surface area contributed by atoms with Gasteiger partial charge in [0, 0.05) is 32.1 Å². The van der Waals surface area contributed by atoms with Gasteiger partial charge in [0.1, 0.15) is 0 Å². The summed E-state index contributed by atoms with van der Waals surface area (Å²) in [6, 6.07) is 10.6. The van der Waals surface area contributed by atoms with Gasteiger partial charge in [-0.25, -0.2) is 0 Å². The summed E-state index contributed by atoms with van der Waals surface area (Å²) in [4.78, 5) is 4.96. The fourth-order valence-corrected chi connectivity index (χ4v) is 3.85. The van der Waals surface area contributed by atoms with Gasteiger partial charge in [-0.3, -0.25) is 0 Å². The van der Waals surface area contributed by atoms with Crippen molar-refractivity contribution in [1.82, 2.24) is 0 Å². The molecule has 0 amide bonds. The number of nitrogens with zero attached hydrogens (tertiary/aromatic N) is 2. The summed E-state index contributed by atoms with van der Waals surface area (Å²) in [5.41, 5.74) is -1.57. The Hall–Kier alpha value is -1.75. The molecular formula is C18H10BrCl2F3N2O. The van der Waals surface area contributed by atoms with E-state index in [1.54, 1.807) is 18.2 Å². The number of hydrogen-bond donors (Lipinski definition) is 0. The molecule has 9 heteroatoms. The molecule has 1 aliphatic rings. The Balaban J connectivity index is 2.00. The fourth-order valence-electron chi connectivity index (χ4n) is 2.80. The van der Waals surface area contributed by atoms with Crippen LogP contribution in [0.25, 0.3) is 0 Å². The number of alkyl halides is 3. The van der Waals surface area contributed by atoms with Crippen molar-refractivity contribution < 1.29 is 18.0 Å². The predicted molar refractivity (Wildman–Crippen MR) is 99.9 cm³/mol.